The average Bonchev–Trinajstić information content (AvgIpc) is 2.35. The van der Waals surface area contributed by atoms with Gasteiger partial charge in [0.15, 0.2) is 6.61 Å². The number of carbonyl (C=O) groups excluding carboxylic acids is 1. The number of halogens is 1. The number of nitrogens with one attached hydrogen (secondary N) is 1. The summed E-state index contributed by atoms with van der Waals surface area (Å²) in [6, 6.07) is 7.24. The highest BCUT2D eigenvalue weighted by Gasteiger charge is 2.10. The molecule has 1 amide bonds. The van der Waals surface area contributed by atoms with Crippen LogP contribution in [0.3, 0.4) is 0 Å². The van der Waals surface area contributed by atoms with Crippen molar-refractivity contribution in [2.45, 2.75) is 20.0 Å². The molecule has 1 atom stereocenters. The van der Waals surface area contributed by atoms with E-state index in [9.17, 15) is 9.90 Å². The minimum atomic E-state index is -0.526. The Morgan fingerprint density at radius 2 is 2.00 bits per heavy atom. The largest absolute Gasteiger partial charge is 0.484 e. The van der Waals surface area contributed by atoms with Gasteiger partial charge in [0.2, 0.25) is 0 Å². The van der Waals surface area contributed by atoms with Gasteiger partial charge in [-0.2, -0.15) is 0 Å². The second-order valence-electron chi connectivity index (χ2n) is 4.36. The quantitative estimate of drug-likeness (QED) is 0.843. The van der Waals surface area contributed by atoms with Crippen LogP contribution in [-0.4, -0.2) is 30.3 Å². The Balaban J connectivity index is 2.27. The van der Waals surface area contributed by atoms with Crippen LogP contribution in [0.5, 0.6) is 5.75 Å². The molecule has 1 unspecified atom stereocenters. The third-order valence-corrected chi connectivity index (χ3v) is 2.99. The highest BCUT2D eigenvalue weighted by atomic mass is 79.9. The van der Waals surface area contributed by atoms with Crippen LogP contribution < -0.4 is 10.1 Å². The maximum Gasteiger partial charge on any atom is 0.258 e. The van der Waals surface area contributed by atoms with Gasteiger partial charge in [0.1, 0.15) is 5.75 Å². The van der Waals surface area contributed by atoms with Gasteiger partial charge >= 0.3 is 0 Å². The molecule has 100 valence electrons. The summed E-state index contributed by atoms with van der Waals surface area (Å²) >= 11 is 3.32. The molecule has 2 N–H and O–H groups in total. The van der Waals surface area contributed by atoms with Gasteiger partial charge in [-0.05, 0) is 30.2 Å². The van der Waals surface area contributed by atoms with E-state index in [1.54, 1.807) is 12.1 Å². The van der Waals surface area contributed by atoms with Crippen LogP contribution in [0.1, 0.15) is 13.8 Å². The van der Waals surface area contributed by atoms with Gasteiger partial charge in [0.25, 0.3) is 5.91 Å². The molecule has 0 bridgehead atoms. The maximum atomic E-state index is 11.5. The summed E-state index contributed by atoms with van der Waals surface area (Å²) in [4.78, 5) is 11.5. The highest BCUT2D eigenvalue weighted by molar-refractivity contribution is 9.10. The zero-order valence-electron chi connectivity index (χ0n) is 10.5. The molecule has 18 heavy (non-hydrogen) atoms. The van der Waals surface area contributed by atoms with E-state index in [2.05, 4.69) is 21.2 Å². The zero-order chi connectivity index (χ0) is 13.5. The lowest BCUT2D eigenvalue weighted by Gasteiger charge is -2.15. The number of aliphatic hydroxyl groups excluding tert-OH is 1. The van der Waals surface area contributed by atoms with Gasteiger partial charge in [-0.25, -0.2) is 0 Å². The molecule has 0 aliphatic rings. The average molecular weight is 316 g/mol. The molecule has 0 saturated carbocycles. The predicted octanol–water partition coefficient (Wildman–Crippen LogP) is 1.96. The molecule has 0 heterocycles. The van der Waals surface area contributed by atoms with Crippen molar-refractivity contribution >= 4 is 21.8 Å². The van der Waals surface area contributed by atoms with Gasteiger partial charge in [0, 0.05) is 11.0 Å². The maximum absolute atomic E-state index is 11.5. The molecule has 0 radical (unpaired) electrons. The lowest BCUT2D eigenvalue weighted by Crippen LogP contribution is -2.37. The second kappa shape index (κ2) is 7.38. The molecule has 1 rings (SSSR count). The molecular weight excluding hydrogens is 298 g/mol. The first-order chi connectivity index (χ1) is 8.49. The molecule has 1 aromatic carbocycles. The summed E-state index contributed by atoms with van der Waals surface area (Å²) in [6.07, 6.45) is -0.526. The standard InChI is InChI=1S/C13H18BrNO3/c1-9(2)12(16)7-15-13(17)8-18-11-5-3-10(14)4-6-11/h3-6,9,12,16H,7-8H2,1-2H3,(H,15,17). The van der Waals surface area contributed by atoms with E-state index in [1.807, 2.05) is 26.0 Å². The lowest BCUT2D eigenvalue weighted by atomic mass is 10.1. The molecule has 0 aliphatic heterocycles. The molecule has 0 aromatic heterocycles. The first kappa shape index (κ1) is 15.0. The Morgan fingerprint density at radius 1 is 1.39 bits per heavy atom. The van der Waals surface area contributed by atoms with Crippen LogP contribution in [0.2, 0.25) is 0 Å². The van der Waals surface area contributed by atoms with E-state index in [4.69, 9.17) is 4.74 Å². The van der Waals surface area contributed by atoms with Gasteiger partial charge in [-0.15, -0.1) is 0 Å². The Bertz CT molecular complexity index is 378. The van der Waals surface area contributed by atoms with Crippen molar-refractivity contribution in [3.8, 4) is 5.75 Å². The molecule has 0 aliphatic carbocycles. The number of rotatable bonds is 6. The number of aliphatic hydroxyl groups is 1. The fourth-order valence-corrected chi connectivity index (χ4v) is 1.45. The summed E-state index contributed by atoms with van der Waals surface area (Å²) in [5, 5.41) is 12.2. The van der Waals surface area contributed by atoms with Gasteiger partial charge in [-0.1, -0.05) is 29.8 Å². The molecular formula is C13H18BrNO3. The lowest BCUT2D eigenvalue weighted by molar-refractivity contribution is -0.123. The van der Waals surface area contributed by atoms with Crippen LogP contribution in [0.15, 0.2) is 28.7 Å². The number of hydrogen-bond acceptors (Lipinski definition) is 3. The van der Waals surface area contributed by atoms with Gasteiger partial charge in [0.05, 0.1) is 6.10 Å². The third-order valence-electron chi connectivity index (χ3n) is 2.46. The van der Waals surface area contributed by atoms with Crippen molar-refractivity contribution < 1.29 is 14.6 Å². The Morgan fingerprint density at radius 3 is 2.56 bits per heavy atom. The first-order valence-corrected chi connectivity index (χ1v) is 6.61. The van der Waals surface area contributed by atoms with Crippen LogP contribution in [0.4, 0.5) is 0 Å². The summed E-state index contributed by atoms with van der Waals surface area (Å²) in [6.45, 7) is 4.00. The summed E-state index contributed by atoms with van der Waals surface area (Å²) in [5.41, 5.74) is 0. The Labute approximate surface area is 115 Å². The summed E-state index contributed by atoms with van der Waals surface area (Å²) < 4.78 is 6.26. The minimum absolute atomic E-state index is 0.0492. The molecule has 4 nitrogen and oxygen atoms in total. The van der Waals surface area contributed by atoms with Crippen molar-refractivity contribution in [3.05, 3.63) is 28.7 Å². The van der Waals surface area contributed by atoms with Crippen molar-refractivity contribution in [1.29, 1.82) is 0 Å². The van der Waals surface area contributed by atoms with Crippen molar-refractivity contribution in [2.24, 2.45) is 5.92 Å². The normalized spacial score (nSPS) is 12.3. The summed E-state index contributed by atoms with van der Waals surface area (Å²) in [5.74, 6) is 0.521. The SMILES string of the molecule is CC(C)C(O)CNC(=O)COc1ccc(Br)cc1. The van der Waals surface area contributed by atoms with Crippen LogP contribution in [0.25, 0.3) is 0 Å². The van der Waals surface area contributed by atoms with Crippen molar-refractivity contribution in [3.63, 3.8) is 0 Å². The Hall–Kier alpha value is -1.07. The fourth-order valence-electron chi connectivity index (χ4n) is 1.18. The number of carbonyl (C=O) groups is 1. The van der Waals surface area contributed by atoms with E-state index in [0.29, 0.717) is 5.75 Å². The van der Waals surface area contributed by atoms with Crippen LogP contribution >= 0.6 is 15.9 Å². The third kappa shape index (κ3) is 5.51. The van der Waals surface area contributed by atoms with Crippen LogP contribution in [0, 0.1) is 5.92 Å². The smallest absolute Gasteiger partial charge is 0.258 e. The van der Waals surface area contributed by atoms with E-state index in [-0.39, 0.29) is 25.0 Å². The van der Waals surface area contributed by atoms with E-state index in [0.717, 1.165) is 4.47 Å². The van der Waals surface area contributed by atoms with Gasteiger partial charge in [-0.3, -0.25) is 4.79 Å². The highest BCUT2D eigenvalue weighted by Crippen LogP contribution is 2.15. The molecule has 0 spiro atoms. The summed E-state index contributed by atoms with van der Waals surface area (Å²) in [7, 11) is 0. The second-order valence-corrected chi connectivity index (χ2v) is 5.27. The molecule has 0 saturated heterocycles. The predicted molar refractivity (Wildman–Crippen MR) is 73.5 cm³/mol. The van der Waals surface area contributed by atoms with Crippen molar-refractivity contribution in [2.75, 3.05) is 13.2 Å². The van der Waals surface area contributed by atoms with E-state index in [1.165, 1.54) is 0 Å². The number of ether oxygens (including phenoxy) is 1. The topological polar surface area (TPSA) is 58.6 Å². The van der Waals surface area contributed by atoms with Crippen LogP contribution in [-0.2, 0) is 4.79 Å². The van der Waals surface area contributed by atoms with Gasteiger partial charge < -0.3 is 15.2 Å². The van der Waals surface area contributed by atoms with E-state index < -0.39 is 6.10 Å². The molecule has 1 aromatic rings. The molecule has 0 fully saturated rings. The number of hydrogen-bond donors (Lipinski definition) is 2. The first-order valence-electron chi connectivity index (χ1n) is 5.82. The van der Waals surface area contributed by atoms with E-state index >= 15 is 0 Å². The monoisotopic (exact) mass is 315 g/mol. The Kier molecular flexibility index (Phi) is 6.15. The number of benzene rings is 1. The minimum Gasteiger partial charge on any atom is -0.484 e. The molecule has 5 heteroatoms. The fraction of sp³-hybridized carbons (Fsp3) is 0.462. The van der Waals surface area contributed by atoms with Crippen molar-refractivity contribution in [1.82, 2.24) is 5.32 Å². The zero-order valence-corrected chi connectivity index (χ0v) is 12.1. The number of amides is 1.